The number of nitrogens with zero attached hydrogens (tertiary/aromatic N) is 4. The van der Waals surface area contributed by atoms with Crippen molar-refractivity contribution in [3.63, 3.8) is 0 Å². The van der Waals surface area contributed by atoms with Gasteiger partial charge in [-0.1, -0.05) is 54.9 Å². The van der Waals surface area contributed by atoms with Crippen LogP contribution in [0.1, 0.15) is 70.9 Å². The van der Waals surface area contributed by atoms with Gasteiger partial charge < -0.3 is 23.8 Å². The van der Waals surface area contributed by atoms with Crippen molar-refractivity contribution < 1.29 is 32.7 Å². The van der Waals surface area contributed by atoms with E-state index in [4.69, 9.17) is 30.5 Å². The first kappa shape index (κ1) is 44.3. The molecule has 12 nitrogen and oxygen atoms in total. The monoisotopic (exact) mass is 901 g/mol. The van der Waals surface area contributed by atoms with Gasteiger partial charge >= 0.3 is 0 Å². The van der Waals surface area contributed by atoms with Gasteiger partial charge in [-0.15, -0.1) is 21.2 Å². The fraction of sp³-hybridized carbons (Fsp3) is 0.468. The molecule has 1 unspecified atom stereocenters. The molecule has 1 saturated carbocycles. The molecular formula is C47H56ClN5O7S2. The van der Waals surface area contributed by atoms with Crippen LogP contribution < -0.4 is 19.1 Å². The third-order valence-corrected chi connectivity index (χ3v) is 16.1. The van der Waals surface area contributed by atoms with Crippen molar-refractivity contribution in [1.82, 2.24) is 14.5 Å². The van der Waals surface area contributed by atoms with Gasteiger partial charge in [-0.25, -0.2) is 4.21 Å². The maximum Gasteiger partial charge on any atom is 0.286 e. The van der Waals surface area contributed by atoms with Crippen LogP contribution >= 0.6 is 23.4 Å². The number of carbonyl (C=O) groups is 2. The summed E-state index contributed by atoms with van der Waals surface area (Å²) in [5.74, 6) is 0.0842. The smallest absolute Gasteiger partial charge is 0.286 e. The molecule has 0 saturated heterocycles. The molecule has 1 fully saturated rings. The molecule has 2 aliphatic carbocycles. The van der Waals surface area contributed by atoms with Gasteiger partial charge in [0.2, 0.25) is 5.88 Å². The number of benzene rings is 3. The Morgan fingerprint density at radius 2 is 1.90 bits per heavy atom. The Labute approximate surface area is 374 Å². The number of ether oxygens (including phenoxy) is 4. The number of aryl methyl sites for hydroxylation is 2. The minimum absolute atomic E-state index is 0.0605. The van der Waals surface area contributed by atoms with Crippen LogP contribution in [0.5, 0.6) is 11.6 Å². The number of rotatable bonds is 10. The Balaban J connectivity index is 1.16. The first-order valence-electron chi connectivity index (χ1n) is 21.5. The minimum Gasteiger partial charge on any atom is -0.490 e. The number of amides is 2. The van der Waals surface area contributed by atoms with Crippen LogP contribution in [0.2, 0.25) is 5.02 Å². The highest BCUT2D eigenvalue weighted by Gasteiger charge is 2.44. The number of carbonyl (C=O) groups excluding carboxylic acids is 2. The summed E-state index contributed by atoms with van der Waals surface area (Å²) in [5.41, 5.74) is 3.29. The van der Waals surface area contributed by atoms with E-state index >= 15 is 4.21 Å². The molecule has 4 aromatic rings. The summed E-state index contributed by atoms with van der Waals surface area (Å²) in [6.07, 6.45) is 10.6. The van der Waals surface area contributed by atoms with Crippen molar-refractivity contribution in [2.45, 2.75) is 68.0 Å². The number of thioether (sulfide) groups is 1. The third kappa shape index (κ3) is 9.74. The lowest BCUT2D eigenvalue weighted by atomic mass is 9.68. The number of fused-ring (bicyclic) bond motifs is 4. The summed E-state index contributed by atoms with van der Waals surface area (Å²) in [6.45, 7) is 4.23. The number of anilines is 1. The Hall–Kier alpha value is -4.34. The summed E-state index contributed by atoms with van der Waals surface area (Å²) in [4.78, 5) is 31.9. The van der Waals surface area contributed by atoms with E-state index in [-0.39, 0.29) is 40.2 Å². The maximum atomic E-state index is 15.2. The molecule has 330 valence electrons. The lowest BCUT2D eigenvalue weighted by Gasteiger charge is -2.46. The van der Waals surface area contributed by atoms with Crippen LogP contribution in [0.4, 0.5) is 5.69 Å². The number of hydrogen-bond donors (Lipinski definition) is 1. The van der Waals surface area contributed by atoms with E-state index in [2.05, 4.69) is 49.4 Å². The zero-order chi connectivity index (χ0) is 43.4. The van der Waals surface area contributed by atoms with Gasteiger partial charge in [0.1, 0.15) is 21.2 Å². The fourth-order valence-electron chi connectivity index (χ4n) is 9.51. The molecule has 3 heterocycles. The van der Waals surface area contributed by atoms with Crippen LogP contribution in [-0.2, 0) is 38.3 Å². The molecule has 15 heteroatoms. The predicted molar refractivity (Wildman–Crippen MR) is 244 cm³/mol. The summed E-state index contributed by atoms with van der Waals surface area (Å²) in [7, 11) is 1.03. The molecule has 62 heavy (non-hydrogen) atoms. The third-order valence-electron chi connectivity index (χ3n) is 12.8. The van der Waals surface area contributed by atoms with E-state index < -0.39 is 33.8 Å². The van der Waals surface area contributed by atoms with Crippen LogP contribution in [0.3, 0.4) is 0 Å². The van der Waals surface area contributed by atoms with Gasteiger partial charge in [-0.05, 0) is 104 Å². The molecule has 8 rings (SSSR count). The van der Waals surface area contributed by atoms with Crippen molar-refractivity contribution in [3.05, 3.63) is 112 Å². The van der Waals surface area contributed by atoms with E-state index in [1.54, 1.807) is 32.0 Å². The minimum atomic E-state index is -3.78. The molecule has 1 aromatic heterocycles. The summed E-state index contributed by atoms with van der Waals surface area (Å²) >= 11 is 8.28. The molecule has 3 aromatic carbocycles. The summed E-state index contributed by atoms with van der Waals surface area (Å²) in [5, 5.41) is 4.93. The Kier molecular flexibility index (Phi) is 13.7. The van der Waals surface area contributed by atoms with Gasteiger partial charge in [-0.2, -0.15) is 0 Å². The lowest BCUT2D eigenvalue weighted by molar-refractivity contribution is 0.0109. The van der Waals surface area contributed by atoms with Gasteiger partial charge in [0.25, 0.3) is 11.8 Å². The molecule has 2 aliphatic heterocycles. The molecule has 7 atom stereocenters. The van der Waals surface area contributed by atoms with E-state index in [0.29, 0.717) is 31.4 Å². The molecule has 1 spiro atoms. The topological polar surface area (TPSA) is 134 Å². The van der Waals surface area contributed by atoms with Gasteiger partial charge in [0.05, 0.1) is 37.4 Å². The van der Waals surface area contributed by atoms with Crippen molar-refractivity contribution in [2.75, 3.05) is 56.9 Å². The molecule has 2 bridgehead atoms. The molecule has 0 radical (unpaired) electrons. The van der Waals surface area contributed by atoms with Crippen molar-refractivity contribution in [1.29, 1.82) is 0 Å². The number of halogens is 1. The lowest BCUT2D eigenvalue weighted by Crippen LogP contribution is -2.49. The molecule has 4 aliphatic rings. The molecular weight excluding hydrogens is 846 g/mol. The maximum absolute atomic E-state index is 15.2. The van der Waals surface area contributed by atoms with Crippen molar-refractivity contribution in [3.8, 4) is 11.6 Å². The van der Waals surface area contributed by atoms with Crippen LogP contribution in [0, 0.1) is 17.8 Å². The number of methoxy groups -OCH3 is 2. The van der Waals surface area contributed by atoms with Crippen LogP contribution in [0.25, 0.3) is 0 Å². The summed E-state index contributed by atoms with van der Waals surface area (Å²) < 4.78 is 48.5. The highest BCUT2D eigenvalue weighted by atomic mass is 35.5. The quantitative estimate of drug-likeness (QED) is 0.0942. The van der Waals surface area contributed by atoms with E-state index in [9.17, 15) is 9.59 Å². The Morgan fingerprint density at radius 3 is 2.68 bits per heavy atom. The number of aromatic nitrogens is 2. The average molecular weight is 903 g/mol. The second kappa shape index (κ2) is 19.2. The second-order valence-corrected chi connectivity index (χ2v) is 20.7. The molecule has 1 N–H and O–H groups in total. The van der Waals surface area contributed by atoms with Crippen LogP contribution in [-0.4, -0.2) is 90.0 Å². The number of nitrogens with one attached hydrogen (secondary N) is 1. The zero-order valence-electron chi connectivity index (χ0n) is 35.8. The van der Waals surface area contributed by atoms with Crippen LogP contribution in [0.15, 0.2) is 94.3 Å². The van der Waals surface area contributed by atoms with Gasteiger partial charge in [-0.3, -0.25) is 19.0 Å². The second-order valence-electron chi connectivity index (χ2n) is 17.1. The fourth-order valence-corrected chi connectivity index (χ4v) is 12.4. The predicted octanol–water partition coefficient (Wildman–Crippen LogP) is 8.32. The normalized spacial score (nSPS) is 27.7. The Morgan fingerprint density at radius 1 is 1.08 bits per heavy atom. The SMILES string of the molecule is COc1nn(C)cc1C(=O)NS1(=O)=NC(=O)c2ccc3c(c2)N(C[C@@H]2CC[C@H]2[C@@H](OC)/C=C/[C@H](OCCCSc2ccccc2)[C@H](C)C1)C[C@@]1(CCCc2cc(Cl)ccc21)CO3. The first-order valence-corrected chi connectivity index (χ1v) is 24.5. The van der Waals surface area contributed by atoms with Gasteiger partial charge in [0.15, 0.2) is 0 Å². The largest absolute Gasteiger partial charge is 0.490 e. The number of hydrogen-bond acceptors (Lipinski definition) is 10. The standard InChI is InChI=1S/C47H56ClN5O7S2/c1-31-28-62(56,51-45(55)38-27-52(2)49-46(38)58-4)50-44(54)33-14-18-43-40(25-33)53(29-47(30-60-43)21-8-10-32-24-35(48)15-17-39(32)47)26-34-13-16-37(34)42(57-3)20-19-41(31)59-22-9-23-61-36-11-6-5-7-12-36/h5-7,11-12,14-15,17-20,24-25,27,31,34,37,41-42H,8-10,13,16,21-23,26,28-30H2,1-4H3,(H,50,51,54,55,56)/b20-19+/t31-,34+,37-,41+,42+,47+,62?/m1/s1. The van der Waals surface area contributed by atoms with E-state index in [0.717, 1.165) is 61.5 Å². The van der Waals surface area contributed by atoms with E-state index in [1.165, 1.54) is 34.0 Å². The summed E-state index contributed by atoms with van der Waals surface area (Å²) in [6, 6.07) is 21.8. The highest BCUT2D eigenvalue weighted by Crippen LogP contribution is 2.47. The van der Waals surface area contributed by atoms with Crippen molar-refractivity contribution >= 4 is 50.8 Å². The van der Waals surface area contributed by atoms with E-state index in [1.807, 2.05) is 49.4 Å². The van der Waals surface area contributed by atoms with Gasteiger partial charge in [0, 0.05) is 72.6 Å². The molecule has 2 amide bonds. The highest BCUT2D eigenvalue weighted by molar-refractivity contribution is 7.99. The first-order chi connectivity index (χ1) is 30.0. The van der Waals surface area contributed by atoms with Crippen molar-refractivity contribution in [2.24, 2.45) is 29.2 Å². The Bertz CT molecular complexity index is 2420. The zero-order valence-corrected chi connectivity index (χ0v) is 38.2. The average Bonchev–Trinajstić information content (AvgIpc) is 3.57.